The van der Waals surface area contributed by atoms with E-state index in [2.05, 4.69) is 15.5 Å². The monoisotopic (exact) mass is 460 g/mol. The Hall–Kier alpha value is -0.830. The molecule has 6 nitrogen and oxygen atoms in total. The van der Waals surface area contributed by atoms with Crippen molar-refractivity contribution in [3.63, 3.8) is 0 Å². The van der Waals surface area contributed by atoms with Crippen molar-refractivity contribution in [3.05, 3.63) is 46.0 Å². The predicted molar refractivity (Wildman–Crippen MR) is 120 cm³/mol. The van der Waals surface area contributed by atoms with Gasteiger partial charge in [0.05, 0.1) is 13.2 Å². The summed E-state index contributed by atoms with van der Waals surface area (Å²) in [4.78, 5) is 0. The zero-order chi connectivity index (χ0) is 20.8. The third-order valence-electron chi connectivity index (χ3n) is 5.10. The Bertz CT molecular complexity index is 692. The number of likely N-dealkylation sites (N-methyl/N-ethyl adjacent to an activating group) is 1. The van der Waals surface area contributed by atoms with Crippen LogP contribution in [-0.4, -0.2) is 45.9 Å². The Morgan fingerprint density at radius 3 is 2.66 bits per heavy atom. The molecule has 2 unspecified atom stereocenters. The van der Waals surface area contributed by atoms with Crippen LogP contribution >= 0.6 is 35.5 Å². The van der Waals surface area contributed by atoms with E-state index in [0.717, 1.165) is 67.4 Å². The lowest BCUT2D eigenvalue weighted by Gasteiger charge is -2.35. The number of hydrogen-bond acceptors (Lipinski definition) is 6. The van der Waals surface area contributed by atoms with Crippen LogP contribution in [0.25, 0.3) is 0 Å². The molecular weight excluding hydrogens is 431 g/mol. The summed E-state index contributed by atoms with van der Waals surface area (Å²) in [6.07, 6.45) is 5.77. The van der Waals surface area contributed by atoms with Crippen molar-refractivity contribution in [2.45, 2.75) is 51.6 Å². The van der Waals surface area contributed by atoms with Crippen molar-refractivity contribution in [1.82, 2.24) is 13.0 Å². The van der Waals surface area contributed by atoms with E-state index >= 15 is 0 Å². The molecule has 0 radical (unpaired) electrons. The molecule has 0 saturated carbocycles. The van der Waals surface area contributed by atoms with Gasteiger partial charge in [-0.15, -0.1) is 0 Å². The van der Waals surface area contributed by atoms with Crippen LogP contribution in [0.3, 0.4) is 0 Å². The summed E-state index contributed by atoms with van der Waals surface area (Å²) >= 11 is 14.0. The fraction of sp³-hybridized carbons (Fsp3) is 0.600. The van der Waals surface area contributed by atoms with E-state index < -0.39 is 0 Å². The van der Waals surface area contributed by atoms with E-state index in [4.69, 9.17) is 28.1 Å². The van der Waals surface area contributed by atoms with E-state index in [1.807, 2.05) is 31.3 Å². The van der Waals surface area contributed by atoms with E-state index in [0.29, 0.717) is 13.2 Å². The molecule has 162 valence electrons. The van der Waals surface area contributed by atoms with Crippen LogP contribution in [-0.2, 0) is 0 Å². The molecule has 0 aliphatic carbocycles. The number of quaternary nitrogens is 1. The summed E-state index contributed by atoms with van der Waals surface area (Å²) in [6.45, 7) is 4.34. The number of hydroxylamine groups is 2. The van der Waals surface area contributed by atoms with Gasteiger partial charge < -0.3 is 15.0 Å². The summed E-state index contributed by atoms with van der Waals surface area (Å²) in [5.74, 6) is 1.67. The minimum Gasteiger partial charge on any atom is -0.626 e. The number of hydrogen-bond donors (Lipinski definition) is 1. The maximum Gasteiger partial charge on any atom is 0.237 e. The maximum atomic E-state index is 12.9. The lowest BCUT2D eigenvalue weighted by Crippen LogP contribution is -3.10. The average molecular weight is 461 g/mol. The highest BCUT2D eigenvalue weighted by atomic mass is 35.5. The summed E-state index contributed by atoms with van der Waals surface area (Å²) in [5, 5.41) is 13.8. The lowest BCUT2D eigenvalue weighted by atomic mass is 10.2. The second-order valence-corrected chi connectivity index (χ2v) is 9.49. The molecule has 1 aromatic rings. The number of ether oxygens (including phenoxy) is 1. The van der Waals surface area contributed by atoms with Crippen LogP contribution < -0.4 is 9.80 Å². The molecule has 29 heavy (non-hydrogen) atoms. The highest BCUT2D eigenvalue weighted by Gasteiger charge is 2.44. The Kier molecular flexibility index (Phi) is 8.65. The summed E-state index contributed by atoms with van der Waals surface area (Å²) in [5.41, 5.74) is 0.952. The second-order valence-electron chi connectivity index (χ2n) is 7.46. The summed E-state index contributed by atoms with van der Waals surface area (Å²) in [6, 6.07) is 7.46. The smallest absolute Gasteiger partial charge is 0.237 e. The SMILES string of the molecule is CCCC1N(Cl)C2=C(N(CCCCCCOc3ccc(Cl)cc3)SN(C)C2)[NH+]1[O-]. The summed E-state index contributed by atoms with van der Waals surface area (Å²) in [7, 11) is 2.04. The molecule has 9 heteroatoms. The normalized spacial score (nSPS) is 22.4. The maximum absolute atomic E-state index is 12.9. The number of nitrogens with zero attached hydrogens (tertiary/aromatic N) is 3. The van der Waals surface area contributed by atoms with E-state index in [9.17, 15) is 5.21 Å². The van der Waals surface area contributed by atoms with E-state index in [-0.39, 0.29) is 11.2 Å². The van der Waals surface area contributed by atoms with Crippen LogP contribution in [0.15, 0.2) is 35.8 Å². The first-order chi connectivity index (χ1) is 14.0. The molecule has 0 amide bonds. The quantitative estimate of drug-likeness (QED) is 0.244. The topological polar surface area (TPSA) is 46.5 Å². The molecular formula is C20H30Cl2N4O2S. The molecule has 2 heterocycles. The molecule has 0 bridgehead atoms. The Morgan fingerprint density at radius 2 is 1.93 bits per heavy atom. The van der Waals surface area contributed by atoms with Crippen molar-refractivity contribution in [1.29, 1.82) is 0 Å². The molecule has 2 aliphatic heterocycles. The van der Waals surface area contributed by atoms with Gasteiger partial charge in [-0.25, -0.2) is 8.72 Å². The van der Waals surface area contributed by atoms with Gasteiger partial charge in [0.15, 0.2) is 6.17 Å². The van der Waals surface area contributed by atoms with Gasteiger partial charge in [-0.3, -0.25) is 4.31 Å². The molecule has 0 fully saturated rings. The zero-order valence-electron chi connectivity index (χ0n) is 17.1. The van der Waals surface area contributed by atoms with Crippen LogP contribution in [0.4, 0.5) is 0 Å². The standard InChI is InChI=1S/C20H30Cl2N4O2S/c1-3-8-19-25(22)18-15-23(2)29-24(20(18)26(19)27)13-6-4-5-7-14-28-17-11-9-16(21)10-12-17/h9-12,19,26H,3-8,13-15H2,1-2H3. The van der Waals surface area contributed by atoms with Crippen LogP contribution in [0.2, 0.25) is 5.02 Å². The van der Waals surface area contributed by atoms with E-state index in [1.54, 1.807) is 16.6 Å². The molecule has 1 aromatic carbocycles. The Labute approximate surface area is 188 Å². The highest BCUT2D eigenvalue weighted by molar-refractivity contribution is 7.94. The second kappa shape index (κ2) is 11.0. The third kappa shape index (κ3) is 5.87. The van der Waals surface area contributed by atoms with Gasteiger partial charge in [0.1, 0.15) is 11.4 Å². The van der Waals surface area contributed by atoms with Crippen molar-refractivity contribution in [2.24, 2.45) is 0 Å². The Morgan fingerprint density at radius 1 is 1.21 bits per heavy atom. The van der Waals surface area contributed by atoms with Crippen molar-refractivity contribution < 1.29 is 9.80 Å². The first kappa shape index (κ1) is 22.8. The van der Waals surface area contributed by atoms with Crippen molar-refractivity contribution in [3.8, 4) is 5.75 Å². The van der Waals surface area contributed by atoms with Crippen LogP contribution in [0, 0.1) is 5.21 Å². The van der Waals surface area contributed by atoms with Gasteiger partial charge in [0.25, 0.3) is 0 Å². The van der Waals surface area contributed by atoms with Gasteiger partial charge in [-0.2, -0.15) is 0 Å². The highest BCUT2D eigenvalue weighted by Crippen LogP contribution is 2.34. The predicted octanol–water partition coefficient (Wildman–Crippen LogP) is 4.24. The number of halogens is 2. The molecule has 1 N–H and O–H groups in total. The van der Waals surface area contributed by atoms with Gasteiger partial charge in [0.2, 0.25) is 5.82 Å². The van der Waals surface area contributed by atoms with Gasteiger partial charge >= 0.3 is 0 Å². The fourth-order valence-electron chi connectivity index (χ4n) is 3.65. The average Bonchev–Trinajstić information content (AvgIpc) is 2.93. The fourth-order valence-corrected chi connectivity index (χ4v) is 5.10. The Balaban J connectivity index is 1.41. The minimum atomic E-state index is -0.216. The number of nitrogens with one attached hydrogen (secondary N) is 1. The van der Waals surface area contributed by atoms with Crippen LogP contribution in [0.1, 0.15) is 45.4 Å². The van der Waals surface area contributed by atoms with Gasteiger partial charge in [0, 0.05) is 41.9 Å². The third-order valence-corrected chi connectivity index (χ3v) is 6.76. The molecule has 0 saturated heterocycles. The molecule has 2 aliphatic rings. The first-order valence-electron chi connectivity index (χ1n) is 10.3. The van der Waals surface area contributed by atoms with E-state index in [1.165, 1.54) is 0 Å². The van der Waals surface area contributed by atoms with Crippen molar-refractivity contribution >= 4 is 35.5 Å². The van der Waals surface area contributed by atoms with Crippen molar-refractivity contribution in [2.75, 3.05) is 26.7 Å². The number of unbranched alkanes of at least 4 members (excludes halogenated alkanes) is 3. The lowest BCUT2D eigenvalue weighted by molar-refractivity contribution is -0.844. The minimum absolute atomic E-state index is 0.175. The number of benzene rings is 1. The summed E-state index contributed by atoms with van der Waals surface area (Å²) < 4.78 is 11.7. The molecule has 0 aromatic heterocycles. The molecule has 2 atom stereocenters. The number of rotatable bonds is 10. The molecule has 0 spiro atoms. The van der Waals surface area contributed by atoms with Gasteiger partial charge in [-0.1, -0.05) is 31.4 Å². The van der Waals surface area contributed by atoms with Gasteiger partial charge in [-0.05, 0) is 50.6 Å². The first-order valence-corrected chi connectivity index (χ1v) is 11.7. The largest absolute Gasteiger partial charge is 0.626 e. The zero-order valence-corrected chi connectivity index (χ0v) is 19.4. The molecule has 3 rings (SSSR count). The van der Waals surface area contributed by atoms with Crippen LogP contribution in [0.5, 0.6) is 5.75 Å².